The van der Waals surface area contributed by atoms with Crippen molar-refractivity contribution in [1.82, 2.24) is 10.2 Å². The van der Waals surface area contributed by atoms with Crippen molar-refractivity contribution in [3.8, 4) is 0 Å². The first-order valence-electron chi connectivity index (χ1n) is 6.58. The maximum absolute atomic E-state index is 12.3. The molecule has 0 spiro atoms. The normalized spacial score (nSPS) is 28.6. The Morgan fingerprint density at radius 3 is 2.83 bits per heavy atom. The third kappa shape index (κ3) is 2.51. The van der Waals surface area contributed by atoms with Gasteiger partial charge in [-0.05, 0) is 32.6 Å². The molecule has 2 unspecified atom stereocenters. The van der Waals surface area contributed by atoms with Gasteiger partial charge in [0.15, 0.2) is 0 Å². The quantitative estimate of drug-likeness (QED) is 0.782. The average molecular weight is 254 g/mol. The molecule has 2 aliphatic rings. The number of hydrogen-bond acceptors (Lipinski definition) is 3. The SMILES string of the molecule is COC(C)(C)C(=O)N1CCC2NC(=O)CCC2C1. The van der Waals surface area contributed by atoms with E-state index in [4.69, 9.17) is 4.74 Å². The van der Waals surface area contributed by atoms with Crippen molar-refractivity contribution in [2.45, 2.75) is 44.8 Å². The molecule has 5 heteroatoms. The molecule has 0 aliphatic carbocycles. The van der Waals surface area contributed by atoms with Gasteiger partial charge in [0, 0.05) is 32.7 Å². The van der Waals surface area contributed by atoms with Crippen LogP contribution in [-0.2, 0) is 14.3 Å². The minimum atomic E-state index is -0.759. The topological polar surface area (TPSA) is 58.6 Å². The Kier molecular flexibility index (Phi) is 3.61. The van der Waals surface area contributed by atoms with Crippen LogP contribution in [-0.4, -0.2) is 48.6 Å². The number of carbonyl (C=O) groups is 2. The van der Waals surface area contributed by atoms with Crippen molar-refractivity contribution in [2.75, 3.05) is 20.2 Å². The zero-order valence-corrected chi connectivity index (χ0v) is 11.4. The molecule has 18 heavy (non-hydrogen) atoms. The Labute approximate surface area is 108 Å². The number of amides is 2. The Balaban J connectivity index is 1.99. The Hall–Kier alpha value is -1.10. The van der Waals surface area contributed by atoms with Gasteiger partial charge in [0.25, 0.3) is 5.91 Å². The van der Waals surface area contributed by atoms with Crippen LogP contribution < -0.4 is 5.32 Å². The minimum absolute atomic E-state index is 0.0420. The standard InChI is InChI=1S/C13H22N2O3/c1-13(2,18-3)12(17)15-7-6-10-9(8-15)4-5-11(16)14-10/h9-10H,4-8H2,1-3H3,(H,14,16). The number of nitrogens with one attached hydrogen (secondary N) is 1. The molecule has 1 N–H and O–H groups in total. The fraction of sp³-hybridized carbons (Fsp3) is 0.846. The van der Waals surface area contributed by atoms with Crippen LogP contribution in [0.5, 0.6) is 0 Å². The lowest BCUT2D eigenvalue weighted by molar-refractivity contribution is -0.153. The number of rotatable bonds is 2. The molecule has 2 saturated heterocycles. The summed E-state index contributed by atoms with van der Waals surface area (Å²) in [5, 5.41) is 3.02. The summed E-state index contributed by atoms with van der Waals surface area (Å²) in [4.78, 5) is 25.5. The van der Waals surface area contributed by atoms with E-state index in [2.05, 4.69) is 5.32 Å². The van der Waals surface area contributed by atoms with Crippen LogP contribution in [0.4, 0.5) is 0 Å². The van der Waals surface area contributed by atoms with E-state index in [1.54, 1.807) is 21.0 Å². The number of nitrogens with zero attached hydrogens (tertiary/aromatic N) is 1. The number of ether oxygens (including phenoxy) is 1. The van der Waals surface area contributed by atoms with Crippen molar-refractivity contribution < 1.29 is 14.3 Å². The third-order valence-electron chi connectivity index (χ3n) is 4.14. The van der Waals surface area contributed by atoms with E-state index >= 15 is 0 Å². The first-order valence-corrected chi connectivity index (χ1v) is 6.58. The highest BCUT2D eigenvalue weighted by Crippen LogP contribution is 2.27. The molecule has 0 saturated carbocycles. The lowest BCUT2D eigenvalue weighted by Crippen LogP contribution is -2.58. The summed E-state index contributed by atoms with van der Waals surface area (Å²) in [5.41, 5.74) is -0.759. The number of hydrogen-bond donors (Lipinski definition) is 1. The largest absolute Gasteiger partial charge is 0.369 e. The molecule has 0 aromatic rings. The van der Waals surface area contributed by atoms with E-state index in [0.717, 1.165) is 19.4 Å². The highest BCUT2D eigenvalue weighted by molar-refractivity contribution is 5.84. The number of likely N-dealkylation sites (tertiary alicyclic amines) is 1. The molecule has 2 atom stereocenters. The molecular weight excluding hydrogens is 232 g/mol. The Morgan fingerprint density at radius 1 is 1.44 bits per heavy atom. The second-order valence-corrected chi connectivity index (χ2v) is 5.73. The average Bonchev–Trinajstić information content (AvgIpc) is 2.37. The lowest BCUT2D eigenvalue weighted by atomic mass is 9.84. The fourth-order valence-corrected chi connectivity index (χ4v) is 2.76. The van der Waals surface area contributed by atoms with Gasteiger partial charge in [0.2, 0.25) is 5.91 Å². The molecular formula is C13H22N2O3. The number of piperidine rings is 2. The van der Waals surface area contributed by atoms with Crippen molar-refractivity contribution in [3.05, 3.63) is 0 Å². The Morgan fingerprint density at radius 2 is 2.17 bits per heavy atom. The van der Waals surface area contributed by atoms with Crippen LogP contribution in [0.1, 0.15) is 33.1 Å². The zero-order chi connectivity index (χ0) is 13.3. The van der Waals surface area contributed by atoms with Gasteiger partial charge in [-0.1, -0.05) is 0 Å². The molecule has 2 fully saturated rings. The fourth-order valence-electron chi connectivity index (χ4n) is 2.76. The second kappa shape index (κ2) is 4.88. The molecule has 0 aromatic heterocycles. The van der Waals surface area contributed by atoms with E-state index in [1.807, 2.05) is 4.90 Å². The number of methoxy groups -OCH3 is 1. The van der Waals surface area contributed by atoms with Crippen LogP contribution in [0, 0.1) is 5.92 Å². The Bertz CT molecular complexity index is 354. The third-order valence-corrected chi connectivity index (χ3v) is 4.14. The summed E-state index contributed by atoms with van der Waals surface area (Å²) in [7, 11) is 1.56. The van der Waals surface area contributed by atoms with Crippen molar-refractivity contribution in [2.24, 2.45) is 5.92 Å². The van der Waals surface area contributed by atoms with Crippen LogP contribution in [0.2, 0.25) is 0 Å². The van der Waals surface area contributed by atoms with Crippen LogP contribution in [0.25, 0.3) is 0 Å². The van der Waals surface area contributed by atoms with Crippen molar-refractivity contribution in [3.63, 3.8) is 0 Å². The molecule has 2 heterocycles. The molecule has 102 valence electrons. The summed E-state index contributed by atoms with van der Waals surface area (Å²) in [6.45, 7) is 5.03. The molecule has 2 amide bonds. The predicted octanol–water partition coefficient (Wildman–Crippen LogP) is 0.539. The van der Waals surface area contributed by atoms with E-state index in [0.29, 0.717) is 18.9 Å². The van der Waals surface area contributed by atoms with Gasteiger partial charge in [0.1, 0.15) is 5.60 Å². The van der Waals surface area contributed by atoms with Gasteiger partial charge in [-0.2, -0.15) is 0 Å². The minimum Gasteiger partial charge on any atom is -0.369 e. The van der Waals surface area contributed by atoms with Gasteiger partial charge >= 0.3 is 0 Å². The highest BCUT2D eigenvalue weighted by Gasteiger charge is 2.39. The van der Waals surface area contributed by atoms with Crippen molar-refractivity contribution in [1.29, 1.82) is 0 Å². The van der Waals surface area contributed by atoms with E-state index in [-0.39, 0.29) is 17.9 Å². The maximum Gasteiger partial charge on any atom is 0.254 e. The van der Waals surface area contributed by atoms with Gasteiger partial charge in [-0.3, -0.25) is 9.59 Å². The van der Waals surface area contributed by atoms with Crippen LogP contribution in [0.15, 0.2) is 0 Å². The molecule has 0 aromatic carbocycles. The van der Waals surface area contributed by atoms with Gasteiger partial charge in [0.05, 0.1) is 0 Å². The maximum atomic E-state index is 12.3. The van der Waals surface area contributed by atoms with E-state index in [9.17, 15) is 9.59 Å². The van der Waals surface area contributed by atoms with Crippen molar-refractivity contribution >= 4 is 11.8 Å². The summed E-state index contributed by atoms with van der Waals surface area (Å²) in [5.74, 6) is 0.585. The molecule has 5 nitrogen and oxygen atoms in total. The van der Waals surface area contributed by atoms with Crippen LogP contribution in [0.3, 0.4) is 0 Å². The molecule has 0 bridgehead atoms. The zero-order valence-electron chi connectivity index (χ0n) is 11.4. The first kappa shape index (κ1) is 13.3. The van der Waals surface area contributed by atoms with Gasteiger partial charge in [-0.25, -0.2) is 0 Å². The monoisotopic (exact) mass is 254 g/mol. The van der Waals surface area contributed by atoms with E-state index < -0.39 is 5.60 Å². The molecule has 0 radical (unpaired) electrons. The highest BCUT2D eigenvalue weighted by atomic mass is 16.5. The van der Waals surface area contributed by atoms with Crippen LogP contribution >= 0.6 is 0 Å². The summed E-state index contributed by atoms with van der Waals surface area (Å²) in [6.07, 6.45) is 2.31. The lowest BCUT2D eigenvalue weighted by Gasteiger charge is -2.43. The summed E-state index contributed by atoms with van der Waals surface area (Å²) >= 11 is 0. The first-order chi connectivity index (χ1) is 8.44. The molecule has 2 aliphatic heterocycles. The second-order valence-electron chi connectivity index (χ2n) is 5.73. The molecule has 2 rings (SSSR count). The smallest absolute Gasteiger partial charge is 0.254 e. The number of carbonyl (C=O) groups excluding carboxylic acids is 2. The summed E-state index contributed by atoms with van der Waals surface area (Å²) in [6, 6.07) is 0.251. The summed E-state index contributed by atoms with van der Waals surface area (Å²) < 4.78 is 5.24. The van der Waals surface area contributed by atoms with E-state index in [1.165, 1.54) is 0 Å². The van der Waals surface area contributed by atoms with Gasteiger partial charge in [-0.15, -0.1) is 0 Å². The predicted molar refractivity (Wildman–Crippen MR) is 66.9 cm³/mol. The number of fused-ring (bicyclic) bond motifs is 1. The van der Waals surface area contributed by atoms with Gasteiger partial charge < -0.3 is 15.0 Å².